The Bertz CT molecular complexity index is 175. The molecule has 3 nitrogen and oxygen atoms in total. The summed E-state index contributed by atoms with van der Waals surface area (Å²) in [4.78, 5) is 13.2. The molecule has 0 aromatic rings. The maximum atomic E-state index is 11.3. The third-order valence-electron chi connectivity index (χ3n) is 2.31. The van der Waals surface area contributed by atoms with Gasteiger partial charge in [0.05, 0.1) is 0 Å². The molecule has 13 heavy (non-hydrogen) atoms. The van der Waals surface area contributed by atoms with Crippen molar-refractivity contribution in [3.63, 3.8) is 0 Å². The van der Waals surface area contributed by atoms with Gasteiger partial charge in [-0.15, -0.1) is 0 Å². The molecule has 1 aliphatic rings. The van der Waals surface area contributed by atoms with Gasteiger partial charge in [0.15, 0.2) is 0 Å². The summed E-state index contributed by atoms with van der Waals surface area (Å²) >= 11 is 1.94. The molecule has 0 aliphatic carbocycles. The van der Waals surface area contributed by atoms with E-state index in [1.165, 1.54) is 5.75 Å². The molecule has 1 rings (SSSR count). The molecule has 0 bridgehead atoms. The first kappa shape index (κ1) is 10.7. The minimum Gasteiger partial charge on any atom is -0.336 e. The Kier molecular flexibility index (Phi) is 4.42. The molecule has 1 atom stereocenters. The molecule has 0 aromatic carbocycles. The molecular weight excluding hydrogens is 184 g/mol. The van der Waals surface area contributed by atoms with Crippen molar-refractivity contribution in [3.8, 4) is 0 Å². The van der Waals surface area contributed by atoms with E-state index in [1.807, 2.05) is 16.7 Å². The van der Waals surface area contributed by atoms with Gasteiger partial charge in [-0.25, -0.2) is 4.79 Å². The summed E-state index contributed by atoms with van der Waals surface area (Å²) in [5.41, 5.74) is 0. The van der Waals surface area contributed by atoms with Gasteiger partial charge in [0, 0.05) is 19.1 Å². The predicted octanol–water partition coefficient (Wildman–Crippen LogP) is 1.54. The Morgan fingerprint density at radius 1 is 1.69 bits per heavy atom. The highest BCUT2D eigenvalue weighted by Gasteiger charge is 2.23. The van der Waals surface area contributed by atoms with E-state index in [4.69, 9.17) is 0 Å². The minimum absolute atomic E-state index is 0.106. The fourth-order valence-corrected chi connectivity index (χ4v) is 2.26. The van der Waals surface area contributed by atoms with Gasteiger partial charge in [0.1, 0.15) is 0 Å². The van der Waals surface area contributed by atoms with Gasteiger partial charge in [-0.1, -0.05) is 6.92 Å². The SMILES string of the molecule is CCSCCC(C)N1CCNC1=O. The van der Waals surface area contributed by atoms with Gasteiger partial charge in [-0.3, -0.25) is 0 Å². The summed E-state index contributed by atoms with van der Waals surface area (Å²) < 4.78 is 0. The smallest absolute Gasteiger partial charge is 0.317 e. The first-order chi connectivity index (χ1) is 6.25. The lowest BCUT2D eigenvalue weighted by Gasteiger charge is -2.22. The quantitative estimate of drug-likeness (QED) is 0.686. The molecule has 1 aliphatic heterocycles. The summed E-state index contributed by atoms with van der Waals surface area (Å²) in [5.74, 6) is 2.32. The third-order valence-corrected chi connectivity index (χ3v) is 3.24. The maximum absolute atomic E-state index is 11.3. The molecule has 1 N–H and O–H groups in total. The van der Waals surface area contributed by atoms with Gasteiger partial charge in [0.2, 0.25) is 0 Å². The Hall–Kier alpha value is -0.380. The fraction of sp³-hybridized carbons (Fsp3) is 0.889. The normalized spacial score (nSPS) is 18.9. The van der Waals surface area contributed by atoms with Crippen molar-refractivity contribution >= 4 is 17.8 Å². The molecule has 1 unspecified atom stereocenters. The second-order valence-corrected chi connectivity index (χ2v) is 4.65. The van der Waals surface area contributed by atoms with Crippen molar-refractivity contribution in [2.45, 2.75) is 26.3 Å². The average Bonchev–Trinajstić information content (AvgIpc) is 2.52. The third kappa shape index (κ3) is 3.10. The van der Waals surface area contributed by atoms with Crippen molar-refractivity contribution < 1.29 is 4.79 Å². The van der Waals surface area contributed by atoms with Crippen LogP contribution < -0.4 is 5.32 Å². The number of carbonyl (C=O) groups is 1. The number of carbonyl (C=O) groups excluding carboxylic acids is 1. The summed E-state index contributed by atoms with van der Waals surface area (Å²) in [6, 6.07) is 0.496. The van der Waals surface area contributed by atoms with Crippen LogP contribution in [0.5, 0.6) is 0 Å². The highest BCUT2D eigenvalue weighted by molar-refractivity contribution is 7.99. The van der Waals surface area contributed by atoms with Gasteiger partial charge >= 0.3 is 6.03 Å². The number of hydrogen-bond acceptors (Lipinski definition) is 2. The van der Waals surface area contributed by atoms with Crippen LogP contribution in [0.15, 0.2) is 0 Å². The Morgan fingerprint density at radius 3 is 3.00 bits per heavy atom. The van der Waals surface area contributed by atoms with E-state index in [1.54, 1.807) is 0 Å². The molecule has 2 amide bonds. The lowest BCUT2D eigenvalue weighted by atomic mass is 10.2. The number of amides is 2. The van der Waals surface area contributed by atoms with Crippen LogP contribution >= 0.6 is 11.8 Å². The molecule has 4 heteroatoms. The molecule has 0 saturated carbocycles. The Labute approximate surface area is 84.2 Å². The van der Waals surface area contributed by atoms with E-state index in [2.05, 4.69) is 19.2 Å². The number of nitrogens with zero attached hydrogens (tertiary/aromatic N) is 1. The van der Waals surface area contributed by atoms with E-state index in [-0.39, 0.29) is 6.03 Å². The van der Waals surface area contributed by atoms with Crippen LogP contribution in [0.25, 0.3) is 0 Å². The molecular formula is C9H18N2OS. The van der Waals surface area contributed by atoms with Crippen LogP contribution in [0.4, 0.5) is 4.79 Å². The standard InChI is InChI=1S/C9H18N2OS/c1-3-13-7-4-8(2)11-6-5-10-9(11)12/h8H,3-7H2,1-2H3,(H,10,12). The molecule has 0 spiro atoms. The second kappa shape index (κ2) is 5.37. The largest absolute Gasteiger partial charge is 0.336 e. The van der Waals surface area contributed by atoms with Gasteiger partial charge in [0.25, 0.3) is 0 Å². The van der Waals surface area contributed by atoms with Crippen molar-refractivity contribution in [1.29, 1.82) is 0 Å². The van der Waals surface area contributed by atoms with E-state index in [0.717, 1.165) is 25.3 Å². The zero-order valence-corrected chi connectivity index (χ0v) is 9.19. The van der Waals surface area contributed by atoms with Crippen molar-refractivity contribution in [2.24, 2.45) is 0 Å². The van der Waals surface area contributed by atoms with Crippen LogP contribution in [0, 0.1) is 0 Å². The predicted molar refractivity (Wildman–Crippen MR) is 57.2 cm³/mol. The van der Waals surface area contributed by atoms with E-state index < -0.39 is 0 Å². The molecule has 1 fully saturated rings. The Balaban J connectivity index is 2.22. The summed E-state index contributed by atoms with van der Waals surface area (Å²) in [7, 11) is 0. The molecule has 76 valence electrons. The van der Waals surface area contributed by atoms with E-state index in [0.29, 0.717) is 6.04 Å². The van der Waals surface area contributed by atoms with Crippen molar-refractivity contribution in [3.05, 3.63) is 0 Å². The number of thioether (sulfide) groups is 1. The Morgan fingerprint density at radius 2 is 2.46 bits per heavy atom. The molecule has 0 radical (unpaired) electrons. The fourth-order valence-electron chi connectivity index (χ4n) is 1.46. The van der Waals surface area contributed by atoms with Crippen molar-refractivity contribution in [1.82, 2.24) is 10.2 Å². The number of rotatable bonds is 5. The van der Waals surface area contributed by atoms with Crippen LogP contribution in [0.1, 0.15) is 20.3 Å². The molecule has 1 heterocycles. The lowest BCUT2D eigenvalue weighted by Crippen LogP contribution is -2.36. The zero-order chi connectivity index (χ0) is 9.68. The number of urea groups is 1. The zero-order valence-electron chi connectivity index (χ0n) is 8.38. The average molecular weight is 202 g/mol. The lowest BCUT2D eigenvalue weighted by molar-refractivity contribution is 0.201. The number of hydrogen-bond donors (Lipinski definition) is 1. The van der Waals surface area contributed by atoms with E-state index >= 15 is 0 Å². The monoisotopic (exact) mass is 202 g/mol. The van der Waals surface area contributed by atoms with Crippen LogP contribution in [-0.2, 0) is 0 Å². The second-order valence-electron chi connectivity index (χ2n) is 3.26. The first-order valence-corrected chi connectivity index (χ1v) is 6.03. The highest BCUT2D eigenvalue weighted by atomic mass is 32.2. The van der Waals surface area contributed by atoms with Crippen LogP contribution in [0.2, 0.25) is 0 Å². The number of nitrogens with one attached hydrogen (secondary N) is 1. The van der Waals surface area contributed by atoms with Gasteiger partial charge < -0.3 is 10.2 Å². The summed E-state index contributed by atoms with van der Waals surface area (Å²) in [6.07, 6.45) is 1.10. The first-order valence-electron chi connectivity index (χ1n) is 4.88. The minimum atomic E-state index is 0.106. The van der Waals surface area contributed by atoms with Gasteiger partial charge in [-0.05, 0) is 24.9 Å². The maximum Gasteiger partial charge on any atom is 0.317 e. The van der Waals surface area contributed by atoms with Gasteiger partial charge in [-0.2, -0.15) is 11.8 Å². The van der Waals surface area contributed by atoms with Crippen molar-refractivity contribution in [2.75, 3.05) is 24.6 Å². The molecule has 0 aromatic heterocycles. The topological polar surface area (TPSA) is 32.3 Å². The molecule has 1 saturated heterocycles. The van der Waals surface area contributed by atoms with E-state index in [9.17, 15) is 4.79 Å². The van der Waals surface area contributed by atoms with Crippen LogP contribution in [-0.4, -0.2) is 41.6 Å². The van der Waals surface area contributed by atoms with Crippen LogP contribution in [0.3, 0.4) is 0 Å². The highest BCUT2D eigenvalue weighted by Crippen LogP contribution is 2.11. The summed E-state index contributed by atoms with van der Waals surface area (Å²) in [6.45, 7) is 5.97. The summed E-state index contributed by atoms with van der Waals surface area (Å²) in [5, 5.41) is 2.82.